The van der Waals surface area contributed by atoms with Gasteiger partial charge in [0.25, 0.3) is 10.0 Å². The SMILES string of the molecule is C=CCN(CCC)S(=O)(=O)c1ccc(CCN)s1. The fraction of sp³-hybridized carbons (Fsp3) is 0.500. The molecule has 0 spiro atoms. The minimum Gasteiger partial charge on any atom is -0.330 e. The van der Waals surface area contributed by atoms with Crippen LogP contribution in [0.3, 0.4) is 0 Å². The van der Waals surface area contributed by atoms with Gasteiger partial charge in [-0.1, -0.05) is 13.0 Å². The highest BCUT2D eigenvalue weighted by Gasteiger charge is 2.24. The van der Waals surface area contributed by atoms with Crippen molar-refractivity contribution in [1.82, 2.24) is 4.31 Å². The number of thiophene rings is 1. The summed E-state index contributed by atoms with van der Waals surface area (Å²) in [6, 6.07) is 3.50. The second-order valence-electron chi connectivity index (χ2n) is 3.91. The van der Waals surface area contributed by atoms with E-state index in [0.717, 1.165) is 17.7 Å². The monoisotopic (exact) mass is 288 g/mol. The van der Waals surface area contributed by atoms with Gasteiger partial charge in [-0.2, -0.15) is 4.31 Å². The van der Waals surface area contributed by atoms with Crippen molar-refractivity contribution in [1.29, 1.82) is 0 Å². The van der Waals surface area contributed by atoms with Crippen LogP contribution in [-0.4, -0.2) is 32.4 Å². The highest BCUT2D eigenvalue weighted by atomic mass is 32.2. The third-order valence-electron chi connectivity index (χ3n) is 2.43. The van der Waals surface area contributed by atoms with E-state index in [1.165, 1.54) is 15.6 Å². The highest BCUT2D eigenvalue weighted by Crippen LogP contribution is 2.25. The summed E-state index contributed by atoms with van der Waals surface area (Å²) < 4.78 is 26.6. The van der Waals surface area contributed by atoms with E-state index in [4.69, 9.17) is 5.73 Å². The van der Waals surface area contributed by atoms with Gasteiger partial charge in [0.05, 0.1) is 0 Å². The zero-order chi connectivity index (χ0) is 13.6. The Hall–Kier alpha value is -0.690. The van der Waals surface area contributed by atoms with Crippen LogP contribution < -0.4 is 5.73 Å². The molecule has 2 N–H and O–H groups in total. The molecule has 4 nitrogen and oxygen atoms in total. The van der Waals surface area contributed by atoms with Crippen molar-refractivity contribution in [2.75, 3.05) is 19.6 Å². The summed E-state index contributed by atoms with van der Waals surface area (Å²) >= 11 is 1.30. The molecule has 0 saturated carbocycles. The maximum Gasteiger partial charge on any atom is 0.252 e. The van der Waals surface area contributed by atoms with Crippen LogP contribution in [0.15, 0.2) is 29.0 Å². The van der Waals surface area contributed by atoms with Crippen LogP contribution in [0.4, 0.5) is 0 Å². The highest BCUT2D eigenvalue weighted by molar-refractivity contribution is 7.91. The molecule has 0 fully saturated rings. The zero-order valence-corrected chi connectivity index (χ0v) is 12.3. The van der Waals surface area contributed by atoms with Gasteiger partial charge in [-0.15, -0.1) is 17.9 Å². The van der Waals surface area contributed by atoms with Crippen molar-refractivity contribution in [2.45, 2.75) is 24.0 Å². The van der Waals surface area contributed by atoms with Crippen LogP contribution in [-0.2, 0) is 16.4 Å². The first-order valence-corrected chi connectivity index (χ1v) is 8.21. The van der Waals surface area contributed by atoms with Gasteiger partial charge in [-0.3, -0.25) is 0 Å². The Morgan fingerprint density at radius 3 is 2.78 bits per heavy atom. The zero-order valence-electron chi connectivity index (χ0n) is 10.6. The number of sulfonamides is 1. The van der Waals surface area contributed by atoms with Gasteiger partial charge in [-0.05, 0) is 31.5 Å². The van der Waals surface area contributed by atoms with Crippen molar-refractivity contribution in [3.63, 3.8) is 0 Å². The van der Waals surface area contributed by atoms with Gasteiger partial charge in [0.1, 0.15) is 4.21 Å². The summed E-state index contributed by atoms with van der Waals surface area (Å²) in [7, 11) is -3.38. The predicted molar refractivity (Wildman–Crippen MR) is 76.3 cm³/mol. The normalized spacial score (nSPS) is 11.9. The first-order chi connectivity index (χ1) is 8.56. The number of hydrogen-bond acceptors (Lipinski definition) is 4. The summed E-state index contributed by atoms with van der Waals surface area (Å²) in [4.78, 5) is 1.01. The quantitative estimate of drug-likeness (QED) is 0.742. The molecule has 0 amide bonds. The van der Waals surface area contributed by atoms with Gasteiger partial charge in [0, 0.05) is 18.0 Å². The van der Waals surface area contributed by atoms with E-state index < -0.39 is 10.0 Å². The van der Waals surface area contributed by atoms with Gasteiger partial charge >= 0.3 is 0 Å². The van der Waals surface area contributed by atoms with Crippen LogP contribution in [0.2, 0.25) is 0 Å². The molecule has 0 radical (unpaired) electrons. The molecule has 0 saturated heterocycles. The van der Waals surface area contributed by atoms with Gasteiger partial charge in [0.2, 0.25) is 0 Å². The van der Waals surface area contributed by atoms with Crippen molar-refractivity contribution < 1.29 is 8.42 Å². The molecule has 0 bridgehead atoms. The maximum absolute atomic E-state index is 12.4. The summed E-state index contributed by atoms with van der Waals surface area (Å²) in [6.45, 7) is 6.96. The second-order valence-corrected chi connectivity index (χ2v) is 7.24. The van der Waals surface area contributed by atoms with Crippen LogP contribution in [0.25, 0.3) is 0 Å². The van der Waals surface area contributed by atoms with Gasteiger partial charge in [-0.25, -0.2) is 8.42 Å². The number of nitrogens with zero attached hydrogens (tertiary/aromatic N) is 1. The molecule has 1 rings (SSSR count). The van der Waals surface area contributed by atoms with Crippen LogP contribution in [0.1, 0.15) is 18.2 Å². The van der Waals surface area contributed by atoms with Crippen molar-refractivity contribution >= 4 is 21.4 Å². The van der Waals surface area contributed by atoms with Gasteiger partial charge < -0.3 is 5.73 Å². The summed E-state index contributed by atoms with van der Waals surface area (Å²) in [5, 5.41) is 0. The largest absolute Gasteiger partial charge is 0.330 e. The second kappa shape index (κ2) is 7.04. The minimum absolute atomic E-state index is 0.348. The average Bonchev–Trinajstić information content (AvgIpc) is 2.78. The first kappa shape index (κ1) is 15.4. The summed E-state index contributed by atoms with van der Waals surface area (Å²) in [5.41, 5.74) is 5.47. The Morgan fingerprint density at radius 2 is 2.22 bits per heavy atom. The number of hydrogen-bond donors (Lipinski definition) is 1. The van der Waals surface area contributed by atoms with E-state index in [2.05, 4.69) is 6.58 Å². The lowest BCUT2D eigenvalue weighted by atomic mass is 10.3. The van der Waals surface area contributed by atoms with Crippen LogP contribution in [0, 0.1) is 0 Å². The van der Waals surface area contributed by atoms with Crippen LogP contribution in [0.5, 0.6) is 0 Å². The van der Waals surface area contributed by atoms with E-state index in [9.17, 15) is 8.42 Å². The van der Waals surface area contributed by atoms with E-state index in [1.54, 1.807) is 12.1 Å². The molecule has 0 atom stereocenters. The maximum atomic E-state index is 12.4. The molecule has 0 aliphatic carbocycles. The number of rotatable bonds is 8. The number of nitrogens with two attached hydrogens (primary N) is 1. The van der Waals surface area contributed by atoms with E-state index >= 15 is 0 Å². The summed E-state index contributed by atoms with van der Waals surface area (Å²) in [5.74, 6) is 0. The molecule has 0 aliphatic heterocycles. The molecule has 0 aromatic carbocycles. The first-order valence-electron chi connectivity index (χ1n) is 5.96. The topological polar surface area (TPSA) is 63.4 Å². The Morgan fingerprint density at radius 1 is 1.50 bits per heavy atom. The minimum atomic E-state index is -3.38. The third kappa shape index (κ3) is 3.65. The molecule has 6 heteroatoms. The van der Waals surface area contributed by atoms with E-state index in [-0.39, 0.29) is 0 Å². The molecular weight excluding hydrogens is 268 g/mol. The molecule has 0 aliphatic rings. The molecular formula is C12H20N2O2S2. The molecule has 0 unspecified atom stereocenters. The molecule has 1 heterocycles. The van der Waals surface area contributed by atoms with Crippen molar-refractivity contribution in [2.24, 2.45) is 5.73 Å². The van der Waals surface area contributed by atoms with Crippen LogP contribution >= 0.6 is 11.3 Å². The fourth-order valence-corrected chi connectivity index (χ4v) is 4.63. The lowest BCUT2D eigenvalue weighted by Crippen LogP contribution is -2.31. The van der Waals surface area contributed by atoms with Crippen molar-refractivity contribution in [3.05, 3.63) is 29.7 Å². The molecule has 102 valence electrons. The lowest BCUT2D eigenvalue weighted by Gasteiger charge is -2.18. The Bertz CT molecular complexity index is 480. The molecule has 18 heavy (non-hydrogen) atoms. The smallest absolute Gasteiger partial charge is 0.252 e. The molecule has 1 aromatic rings. The van der Waals surface area contributed by atoms with Crippen molar-refractivity contribution in [3.8, 4) is 0 Å². The predicted octanol–water partition coefficient (Wildman–Crippen LogP) is 1.84. The van der Waals surface area contributed by atoms with Gasteiger partial charge in [0.15, 0.2) is 0 Å². The summed E-state index contributed by atoms with van der Waals surface area (Å²) in [6.07, 6.45) is 3.12. The van der Waals surface area contributed by atoms with E-state index in [0.29, 0.717) is 23.8 Å². The van der Waals surface area contributed by atoms with E-state index in [1.807, 2.05) is 13.0 Å². The lowest BCUT2D eigenvalue weighted by molar-refractivity contribution is 0.443. The molecule has 1 aromatic heterocycles. The standard InChI is InChI=1S/C12H20N2O2S2/c1-3-9-14(10-4-2)18(15,16)12-6-5-11(17-12)7-8-13/h3,5-6H,1,4,7-10,13H2,2H3. The Balaban J connectivity index is 2.97. The third-order valence-corrected chi connectivity index (χ3v) is 5.91. The fourth-order valence-electron chi connectivity index (χ4n) is 1.60. The Kier molecular flexibility index (Phi) is 6.01. The average molecular weight is 288 g/mol. The Labute approximate surface area is 113 Å².